The second-order valence-electron chi connectivity index (χ2n) is 6.86. The van der Waals surface area contributed by atoms with Crippen LogP contribution >= 0.6 is 0 Å². The van der Waals surface area contributed by atoms with Gasteiger partial charge in [0.25, 0.3) is 0 Å². The number of carbonyl (C=O) groups is 1. The Morgan fingerprint density at radius 1 is 1.11 bits per heavy atom. The van der Waals surface area contributed by atoms with E-state index in [-0.39, 0.29) is 11.8 Å². The Hall–Kier alpha value is -0.570. The summed E-state index contributed by atoms with van der Waals surface area (Å²) in [5, 5.41) is 3.31. The van der Waals surface area contributed by atoms with E-state index >= 15 is 0 Å². The summed E-state index contributed by atoms with van der Waals surface area (Å²) in [6.45, 7) is 5.30. The summed E-state index contributed by atoms with van der Waals surface area (Å²) >= 11 is 0. The fourth-order valence-electron chi connectivity index (χ4n) is 3.82. The highest BCUT2D eigenvalue weighted by Gasteiger charge is 2.32. The quantitative estimate of drug-likeness (QED) is 0.825. The first-order valence-corrected chi connectivity index (χ1v) is 8.12. The van der Waals surface area contributed by atoms with Crippen LogP contribution in [0.1, 0.15) is 58.8 Å². The van der Waals surface area contributed by atoms with Gasteiger partial charge in [-0.1, -0.05) is 26.7 Å². The number of nitrogens with two attached hydrogens (primary N) is 1. The Morgan fingerprint density at radius 3 is 2.53 bits per heavy atom. The number of amides is 1. The molecule has 2 saturated carbocycles. The van der Waals surface area contributed by atoms with Crippen LogP contribution in [0.15, 0.2) is 0 Å². The van der Waals surface area contributed by atoms with Crippen LogP contribution in [-0.2, 0) is 4.79 Å². The highest BCUT2D eigenvalue weighted by molar-refractivity contribution is 5.79. The smallest absolute Gasteiger partial charge is 0.223 e. The van der Waals surface area contributed by atoms with Crippen LogP contribution in [0.25, 0.3) is 0 Å². The standard InChI is InChI=1S/C16H30N2O/c1-11-7-8-14(9-12(11)2)18-16(19)15-6-4-3-5-13(15)10-17/h11-15H,3-10,17H2,1-2H3,(H,18,19). The Kier molecular flexibility index (Phi) is 5.26. The van der Waals surface area contributed by atoms with E-state index in [0.29, 0.717) is 18.5 Å². The second-order valence-corrected chi connectivity index (χ2v) is 6.86. The van der Waals surface area contributed by atoms with Gasteiger partial charge in [-0.3, -0.25) is 4.79 Å². The molecule has 0 aromatic rings. The van der Waals surface area contributed by atoms with E-state index in [9.17, 15) is 4.79 Å². The third-order valence-corrected chi connectivity index (χ3v) is 5.49. The van der Waals surface area contributed by atoms with Crippen molar-refractivity contribution >= 4 is 5.91 Å². The minimum atomic E-state index is 0.174. The number of carbonyl (C=O) groups excluding carboxylic acids is 1. The summed E-state index contributed by atoms with van der Waals surface area (Å²) in [5.74, 6) is 2.40. The molecule has 19 heavy (non-hydrogen) atoms. The van der Waals surface area contributed by atoms with Gasteiger partial charge < -0.3 is 11.1 Å². The molecule has 2 fully saturated rings. The summed E-state index contributed by atoms with van der Waals surface area (Å²) in [7, 11) is 0. The van der Waals surface area contributed by atoms with E-state index in [1.807, 2.05) is 0 Å². The maximum Gasteiger partial charge on any atom is 0.223 e. The zero-order valence-corrected chi connectivity index (χ0v) is 12.5. The number of hydrogen-bond donors (Lipinski definition) is 2. The summed E-state index contributed by atoms with van der Waals surface area (Å²) in [4.78, 5) is 12.5. The maximum atomic E-state index is 12.5. The first-order valence-electron chi connectivity index (χ1n) is 8.12. The van der Waals surface area contributed by atoms with Gasteiger partial charge in [0.2, 0.25) is 5.91 Å². The molecule has 5 unspecified atom stereocenters. The lowest BCUT2D eigenvalue weighted by molar-refractivity contribution is -0.128. The van der Waals surface area contributed by atoms with Crippen molar-refractivity contribution in [3.63, 3.8) is 0 Å². The first kappa shape index (κ1) is 14.8. The Labute approximate surface area is 117 Å². The minimum Gasteiger partial charge on any atom is -0.353 e. The van der Waals surface area contributed by atoms with Crippen LogP contribution in [-0.4, -0.2) is 18.5 Å². The van der Waals surface area contributed by atoms with Gasteiger partial charge in [-0.05, 0) is 56.4 Å². The molecule has 0 radical (unpaired) electrons. The number of rotatable bonds is 3. The van der Waals surface area contributed by atoms with Gasteiger partial charge >= 0.3 is 0 Å². The molecule has 5 atom stereocenters. The normalized spacial score (nSPS) is 39.8. The van der Waals surface area contributed by atoms with Crippen LogP contribution in [0.2, 0.25) is 0 Å². The van der Waals surface area contributed by atoms with Gasteiger partial charge in [-0.15, -0.1) is 0 Å². The molecule has 0 saturated heterocycles. The van der Waals surface area contributed by atoms with Gasteiger partial charge in [-0.25, -0.2) is 0 Å². The molecule has 1 amide bonds. The summed E-state index contributed by atoms with van der Waals surface area (Å²) in [5.41, 5.74) is 5.82. The van der Waals surface area contributed by atoms with Crippen LogP contribution in [0.5, 0.6) is 0 Å². The fourth-order valence-corrected chi connectivity index (χ4v) is 3.82. The lowest BCUT2D eigenvalue weighted by Gasteiger charge is -2.35. The van der Waals surface area contributed by atoms with Crippen LogP contribution in [0.3, 0.4) is 0 Å². The first-order chi connectivity index (χ1) is 9.11. The molecule has 3 N–H and O–H groups in total. The Balaban J connectivity index is 1.86. The van der Waals surface area contributed by atoms with E-state index in [1.54, 1.807) is 0 Å². The van der Waals surface area contributed by atoms with Crippen molar-refractivity contribution in [2.45, 2.75) is 64.8 Å². The maximum absolute atomic E-state index is 12.5. The zero-order chi connectivity index (χ0) is 13.8. The van der Waals surface area contributed by atoms with Gasteiger partial charge in [-0.2, -0.15) is 0 Å². The number of hydrogen-bond acceptors (Lipinski definition) is 2. The van der Waals surface area contributed by atoms with Crippen molar-refractivity contribution in [1.82, 2.24) is 5.32 Å². The molecule has 3 nitrogen and oxygen atoms in total. The van der Waals surface area contributed by atoms with Crippen molar-refractivity contribution in [2.24, 2.45) is 29.4 Å². The highest BCUT2D eigenvalue weighted by Crippen LogP contribution is 2.32. The van der Waals surface area contributed by atoms with Gasteiger partial charge in [0.05, 0.1) is 0 Å². The van der Waals surface area contributed by atoms with Gasteiger partial charge in [0, 0.05) is 12.0 Å². The van der Waals surface area contributed by atoms with Crippen LogP contribution in [0, 0.1) is 23.7 Å². The van der Waals surface area contributed by atoms with Crippen molar-refractivity contribution in [3.05, 3.63) is 0 Å². The summed E-state index contributed by atoms with van der Waals surface area (Å²) in [6, 6.07) is 0.402. The molecule has 2 rings (SSSR count). The predicted octanol–water partition coefficient (Wildman–Crippen LogP) is 2.69. The van der Waals surface area contributed by atoms with E-state index in [1.165, 1.54) is 19.3 Å². The molecule has 110 valence electrons. The lowest BCUT2D eigenvalue weighted by Crippen LogP contribution is -2.46. The van der Waals surface area contributed by atoms with Crippen molar-refractivity contribution < 1.29 is 4.79 Å². The molecule has 0 spiro atoms. The van der Waals surface area contributed by atoms with Crippen LogP contribution < -0.4 is 11.1 Å². The minimum absolute atomic E-state index is 0.174. The van der Waals surface area contributed by atoms with Crippen molar-refractivity contribution in [2.75, 3.05) is 6.54 Å². The fraction of sp³-hybridized carbons (Fsp3) is 0.938. The Morgan fingerprint density at radius 2 is 1.84 bits per heavy atom. The molecular weight excluding hydrogens is 236 g/mol. The molecule has 3 heteroatoms. The van der Waals surface area contributed by atoms with Gasteiger partial charge in [0.15, 0.2) is 0 Å². The van der Waals surface area contributed by atoms with Crippen molar-refractivity contribution in [1.29, 1.82) is 0 Å². The van der Waals surface area contributed by atoms with E-state index in [2.05, 4.69) is 19.2 Å². The van der Waals surface area contributed by atoms with Crippen molar-refractivity contribution in [3.8, 4) is 0 Å². The molecule has 0 aliphatic heterocycles. The largest absolute Gasteiger partial charge is 0.353 e. The van der Waals surface area contributed by atoms with E-state index < -0.39 is 0 Å². The predicted molar refractivity (Wildman–Crippen MR) is 78.6 cm³/mol. The molecule has 0 aromatic carbocycles. The summed E-state index contributed by atoms with van der Waals surface area (Å²) < 4.78 is 0. The summed E-state index contributed by atoms with van der Waals surface area (Å²) in [6.07, 6.45) is 8.14. The molecule has 0 bridgehead atoms. The molecular formula is C16H30N2O. The van der Waals surface area contributed by atoms with Gasteiger partial charge in [0.1, 0.15) is 0 Å². The van der Waals surface area contributed by atoms with E-state index in [0.717, 1.165) is 37.5 Å². The van der Waals surface area contributed by atoms with Crippen LogP contribution in [0.4, 0.5) is 0 Å². The molecule has 0 heterocycles. The number of nitrogens with one attached hydrogen (secondary N) is 1. The second kappa shape index (κ2) is 6.74. The Bertz CT molecular complexity index is 305. The third kappa shape index (κ3) is 3.71. The van der Waals surface area contributed by atoms with E-state index in [4.69, 9.17) is 5.73 Å². The lowest BCUT2D eigenvalue weighted by atomic mass is 9.77. The third-order valence-electron chi connectivity index (χ3n) is 5.49. The monoisotopic (exact) mass is 266 g/mol. The average molecular weight is 266 g/mol. The average Bonchev–Trinajstić information content (AvgIpc) is 2.43. The zero-order valence-electron chi connectivity index (χ0n) is 12.5. The molecule has 0 aromatic heterocycles. The molecule has 2 aliphatic rings. The topological polar surface area (TPSA) is 55.1 Å². The molecule has 2 aliphatic carbocycles. The SMILES string of the molecule is CC1CCC(NC(=O)C2CCCCC2CN)CC1C. The highest BCUT2D eigenvalue weighted by atomic mass is 16.2.